The first-order chi connectivity index (χ1) is 13.0. The molecule has 0 radical (unpaired) electrons. The third-order valence-electron chi connectivity index (χ3n) is 4.18. The maximum Gasteiger partial charge on any atom is 0.287 e. The van der Waals surface area contributed by atoms with Gasteiger partial charge in [0, 0.05) is 5.56 Å². The number of benzene rings is 2. The number of rotatable bonds is 5. The minimum Gasteiger partial charge on any atom is -0.282 e. The van der Waals surface area contributed by atoms with Crippen molar-refractivity contribution in [1.29, 1.82) is 0 Å². The van der Waals surface area contributed by atoms with Crippen molar-refractivity contribution in [3.05, 3.63) is 58.6 Å². The number of hydrogen-bond acceptors (Lipinski definition) is 5. The van der Waals surface area contributed by atoms with Crippen molar-refractivity contribution in [2.24, 2.45) is 11.0 Å². The first-order valence-corrected chi connectivity index (χ1v) is 11.9. The van der Waals surface area contributed by atoms with Crippen LogP contribution in [0.25, 0.3) is 0 Å². The Bertz CT molecular complexity index is 1090. The molecule has 150 valence electrons. The molecule has 0 aliphatic carbocycles. The molecule has 1 aliphatic rings. The summed E-state index contributed by atoms with van der Waals surface area (Å²) in [6.07, 6.45) is 0.767. The molecule has 1 heterocycles. The van der Waals surface area contributed by atoms with Crippen LogP contribution in [0.5, 0.6) is 0 Å². The number of fused-ring (bicyclic) bond motifs is 1. The van der Waals surface area contributed by atoms with E-state index in [4.69, 9.17) is 22.6 Å². The highest BCUT2D eigenvalue weighted by molar-refractivity contribution is 7.95. The number of para-hydroxylation sites is 1. The second kappa shape index (κ2) is 7.47. The van der Waals surface area contributed by atoms with Crippen LogP contribution in [0.15, 0.2) is 47.4 Å². The number of nitrogens with zero attached hydrogens (tertiary/aromatic N) is 1. The fourth-order valence-electron chi connectivity index (χ4n) is 3.00. The van der Waals surface area contributed by atoms with Gasteiger partial charge < -0.3 is 0 Å². The molecule has 1 aliphatic heterocycles. The van der Waals surface area contributed by atoms with Gasteiger partial charge in [-0.15, -0.1) is 4.49 Å². The van der Waals surface area contributed by atoms with Gasteiger partial charge >= 0.3 is 0 Å². The zero-order valence-electron chi connectivity index (χ0n) is 14.8. The van der Waals surface area contributed by atoms with E-state index in [0.717, 1.165) is 23.7 Å². The van der Waals surface area contributed by atoms with Gasteiger partial charge in [0.15, 0.2) is 0 Å². The number of halogens is 1. The van der Waals surface area contributed by atoms with Crippen molar-refractivity contribution in [3.8, 4) is 0 Å². The van der Waals surface area contributed by atoms with E-state index in [-0.39, 0.29) is 16.6 Å². The summed E-state index contributed by atoms with van der Waals surface area (Å²) in [6.45, 7) is 1.96. The van der Waals surface area contributed by atoms with E-state index in [1.807, 2.05) is 31.2 Å². The van der Waals surface area contributed by atoms with Crippen LogP contribution in [0.2, 0.25) is 5.02 Å². The van der Waals surface area contributed by atoms with E-state index < -0.39 is 28.4 Å². The second-order valence-electron chi connectivity index (χ2n) is 6.44. The lowest BCUT2D eigenvalue weighted by atomic mass is 10.1. The molecule has 28 heavy (non-hydrogen) atoms. The van der Waals surface area contributed by atoms with Gasteiger partial charge in [-0.2, -0.15) is 0 Å². The average molecular weight is 444 g/mol. The zero-order valence-corrected chi connectivity index (χ0v) is 17.3. The Morgan fingerprint density at radius 1 is 1.25 bits per heavy atom. The Morgan fingerprint density at radius 3 is 2.61 bits per heavy atom. The quantitative estimate of drug-likeness (QED) is 0.514. The maximum atomic E-state index is 12.7. The standard InChI is InChI=1S/C16H19ClN5O4PS/c1-10-8-11-4-2-3-5-14(11)22(10)20-16(23)12-6-7-13(17)15(9-12)28(25,26)21-27(18,19)24/h2-7,9-10H,8H2,1H3,(H,20,23)(H5,18,19,21,24). The molecular formula is C16H19ClN5O4PS. The van der Waals surface area contributed by atoms with Crippen LogP contribution in [0, 0.1) is 0 Å². The van der Waals surface area contributed by atoms with E-state index in [0.29, 0.717) is 0 Å². The first-order valence-electron chi connectivity index (χ1n) is 8.17. The number of carbonyl (C=O) groups is 1. The number of nitrogens with one attached hydrogen (secondary N) is 2. The zero-order chi connectivity index (χ0) is 20.7. The molecule has 0 saturated heterocycles. The fraction of sp³-hybridized carbons (Fsp3) is 0.188. The third-order valence-corrected chi connectivity index (χ3v) is 7.64. The predicted molar refractivity (Wildman–Crippen MR) is 107 cm³/mol. The van der Waals surface area contributed by atoms with Gasteiger partial charge in [-0.05, 0) is 43.2 Å². The number of hydrogen-bond donors (Lipinski definition) is 4. The summed E-state index contributed by atoms with van der Waals surface area (Å²) in [6, 6.07) is 11.4. The predicted octanol–water partition coefficient (Wildman–Crippen LogP) is 1.74. The molecule has 12 heteroatoms. The lowest BCUT2D eigenvalue weighted by Gasteiger charge is -2.25. The van der Waals surface area contributed by atoms with Crippen LogP contribution in [-0.4, -0.2) is 20.4 Å². The van der Waals surface area contributed by atoms with Gasteiger partial charge in [0.25, 0.3) is 13.5 Å². The highest BCUT2D eigenvalue weighted by Gasteiger charge is 2.29. The van der Waals surface area contributed by atoms with Gasteiger partial charge in [0.05, 0.1) is 16.8 Å². The molecule has 0 fully saturated rings. The van der Waals surface area contributed by atoms with Crippen molar-refractivity contribution in [3.63, 3.8) is 0 Å². The molecule has 0 spiro atoms. The molecule has 3 rings (SSSR count). The van der Waals surface area contributed by atoms with E-state index in [9.17, 15) is 17.8 Å². The van der Waals surface area contributed by atoms with Gasteiger partial charge in [-0.3, -0.25) is 30.8 Å². The summed E-state index contributed by atoms with van der Waals surface area (Å²) in [7, 11) is -8.47. The summed E-state index contributed by atoms with van der Waals surface area (Å²) >= 11 is 5.94. The van der Waals surface area contributed by atoms with Crippen molar-refractivity contribution in [2.75, 3.05) is 5.01 Å². The number of sulfonamides is 1. The molecule has 1 amide bonds. The number of anilines is 1. The summed E-state index contributed by atoms with van der Waals surface area (Å²) in [5.74, 6) is -0.527. The summed E-state index contributed by atoms with van der Waals surface area (Å²) in [5.41, 5.74) is 15.0. The van der Waals surface area contributed by atoms with Crippen LogP contribution >= 0.6 is 19.2 Å². The van der Waals surface area contributed by atoms with Crippen LogP contribution < -0.4 is 25.9 Å². The molecule has 0 aromatic heterocycles. The monoisotopic (exact) mass is 443 g/mol. The molecule has 2 aromatic rings. The molecule has 0 bridgehead atoms. The number of amides is 1. The second-order valence-corrected chi connectivity index (χ2v) is 10.4. The van der Waals surface area contributed by atoms with Crippen molar-refractivity contribution in [2.45, 2.75) is 24.3 Å². The first kappa shape index (κ1) is 20.8. The normalized spacial score (nSPS) is 16.7. The van der Waals surface area contributed by atoms with Gasteiger partial charge in [-0.25, -0.2) is 8.42 Å². The topological polar surface area (TPSA) is 148 Å². The van der Waals surface area contributed by atoms with Crippen molar-refractivity contribution in [1.82, 2.24) is 9.92 Å². The molecular weight excluding hydrogens is 425 g/mol. The highest BCUT2D eigenvalue weighted by atomic mass is 35.5. The van der Waals surface area contributed by atoms with E-state index in [2.05, 4.69) is 5.43 Å². The van der Waals surface area contributed by atoms with Crippen LogP contribution in [0.3, 0.4) is 0 Å². The lowest BCUT2D eigenvalue weighted by Crippen LogP contribution is -2.45. The SMILES string of the molecule is CC1Cc2ccccc2N1NC(=O)c1ccc(Cl)c(S(=O)(=O)NP(N)(N)=O)c1. The molecule has 6 N–H and O–H groups in total. The average Bonchev–Trinajstić information content (AvgIpc) is 2.88. The van der Waals surface area contributed by atoms with Gasteiger partial charge in [0.1, 0.15) is 4.90 Å². The lowest BCUT2D eigenvalue weighted by molar-refractivity contribution is 0.0946. The van der Waals surface area contributed by atoms with Crippen LogP contribution in [-0.2, 0) is 21.0 Å². The van der Waals surface area contributed by atoms with E-state index >= 15 is 0 Å². The molecule has 9 nitrogen and oxygen atoms in total. The maximum absolute atomic E-state index is 12.7. The Balaban J connectivity index is 1.89. The Hall–Kier alpha value is -1.94. The minimum absolute atomic E-state index is 0.0267. The van der Waals surface area contributed by atoms with E-state index in [1.54, 1.807) is 9.50 Å². The number of carbonyl (C=O) groups excluding carboxylic acids is 1. The Kier molecular flexibility index (Phi) is 5.55. The fourth-order valence-corrected chi connectivity index (χ4v) is 5.92. The molecule has 2 aromatic carbocycles. The number of nitrogens with two attached hydrogens (primary N) is 2. The van der Waals surface area contributed by atoms with Gasteiger partial charge in [-0.1, -0.05) is 29.8 Å². The summed E-state index contributed by atoms with van der Waals surface area (Å²) < 4.78 is 37.8. The summed E-state index contributed by atoms with van der Waals surface area (Å²) in [5, 5.41) is 1.56. The molecule has 1 unspecified atom stereocenters. The third kappa shape index (κ3) is 4.38. The smallest absolute Gasteiger partial charge is 0.282 e. The molecule has 1 atom stereocenters. The highest BCUT2D eigenvalue weighted by Crippen LogP contribution is 2.31. The van der Waals surface area contributed by atoms with Crippen molar-refractivity contribution >= 4 is 40.8 Å². The van der Waals surface area contributed by atoms with Crippen LogP contribution in [0.1, 0.15) is 22.8 Å². The Morgan fingerprint density at radius 2 is 1.93 bits per heavy atom. The minimum atomic E-state index is -4.38. The summed E-state index contributed by atoms with van der Waals surface area (Å²) in [4.78, 5) is 12.3. The number of hydrazine groups is 1. The van der Waals surface area contributed by atoms with Crippen molar-refractivity contribution < 1.29 is 17.8 Å². The Labute approximate surface area is 167 Å². The largest absolute Gasteiger partial charge is 0.287 e. The van der Waals surface area contributed by atoms with E-state index in [1.165, 1.54) is 12.1 Å². The van der Waals surface area contributed by atoms with Gasteiger partial charge in [0.2, 0.25) is 10.0 Å². The van der Waals surface area contributed by atoms with Crippen LogP contribution in [0.4, 0.5) is 5.69 Å². The molecule has 0 saturated carbocycles.